The maximum absolute atomic E-state index is 13.0. The van der Waals surface area contributed by atoms with E-state index in [-0.39, 0.29) is 17.1 Å². The van der Waals surface area contributed by atoms with Crippen molar-refractivity contribution in [2.24, 2.45) is 0 Å². The summed E-state index contributed by atoms with van der Waals surface area (Å²) in [7, 11) is 0. The second kappa shape index (κ2) is 4.67. The van der Waals surface area contributed by atoms with E-state index in [4.69, 9.17) is 11.0 Å². The average Bonchev–Trinajstić information content (AvgIpc) is 2.36. The van der Waals surface area contributed by atoms with Gasteiger partial charge in [0.1, 0.15) is 6.07 Å². The van der Waals surface area contributed by atoms with Gasteiger partial charge >= 0.3 is 0 Å². The van der Waals surface area contributed by atoms with E-state index in [1.54, 1.807) is 0 Å². The van der Waals surface area contributed by atoms with Gasteiger partial charge in [-0.15, -0.1) is 0 Å². The van der Waals surface area contributed by atoms with E-state index in [2.05, 4.69) is 10.3 Å². The van der Waals surface area contributed by atoms with Gasteiger partial charge in [0.15, 0.2) is 17.5 Å². The molecule has 0 radical (unpaired) electrons. The molecule has 0 fully saturated rings. The van der Waals surface area contributed by atoms with Crippen LogP contribution in [0.25, 0.3) is 0 Å². The molecule has 0 aliphatic carbocycles. The highest BCUT2D eigenvalue weighted by atomic mass is 19.2. The number of aromatic nitrogens is 1. The average molecular weight is 246 g/mol. The molecule has 0 spiro atoms. The number of nitriles is 1. The molecule has 0 aliphatic heterocycles. The summed E-state index contributed by atoms with van der Waals surface area (Å²) in [5.74, 6) is -1.69. The summed E-state index contributed by atoms with van der Waals surface area (Å²) in [6, 6.07) is 6.68. The molecule has 0 saturated heterocycles. The maximum Gasteiger partial charge on any atom is 0.160 e. The molecule has 1 heterocycles. The smallest absolute Gasteiger partial charge is 0.160 e. The van der Waals surface area contributed by atoms with Crippen molar-refractivity contribution >= 4 is 17.2 Å². The minimum Gasteiger partial charge on any atom is -0.395 e. The fourth-order valence-corrected chi connectivity index (χ4v) is 1.38. The Kier molecular flexibility index (Phi) is 3.06. The number of nitrogen functional groups attached to an aromatic ring is 1. The van der Waals surface area contributed by atoms with Gasteiger partial charge in [-0.05, 0) is 18.2 Å². The first kappa shape index (κ1) is 11.8. The largest absolute Gasteiger partial charge is 0.395 e. The van der Waals surface area contributed by atoms with E-state index in [9.17, 15) is 8.78 Å². The molecule has 6 heteroatoms. The number of halogens is 2. The molecule has 0 aliphatic rings. The molecule has 1 aromatic carbocycles. The van der Waals surface area contributed by atoms with Gasteiger partial charge in [-0.2, -0.15) is 5.26 Å². The lowest BCUT2D eigenvalue weighted by Gasteiger charge is -2.09. The summed E-state index contributed by atoms with van der Waals surface area (Å²) >= 11 is 0. The number of nitrogens with zero attached hydrogens (tertiary/aromatic N) is 2. The third-order valence-corrected chi connectivity index (χ3v) is 2.29. The maximum atomic E-state index is 13.0. The normalized spacial score (nSPS) is 9.83. The molecule has 3 N–H and O–H groups in total. The van der Waals surface area contributed by atoms with Crippen LogP contribution in [0, 0.1) is 23.0 Å². The summed E-state index contributed by atoms with van der Waals surface area (Å²) in [6.45, 7) is 0. The van der Waals surface area contributed by atoms with Gasteiger partial charge in [0, 0.05) is 18.0 Å². The Hall–Kier alpha value is -2.68. The van der Waals surface area contributed by atoms with Crippen molar-refractivity contribution < 1.29 is 8.78 Å². The van der Waals surface area contributed by atoms with E-state index in [0.29, 0.717) is 5.69 Å². The minimum atomic E-state index is -0.977. The SMILES string of the molecule is N#Cc1ccnc(Nc2ccc(F)c(F)c2)c1N. The Morgan fingerprint density at radius 1 is 1.22 bits per heavy atom. The van der Waals surface area contributed by atoms with Crippen molar-refractivity contribution in [1.82, 2.24) is 4.98 Å². The summed E-state index contributed by atoms with van der Waals surface area (Å²) in [5.41, 5.74) is 6.41. The highest BCUT2D eigenvalue weighted by Crippen LogP contribution is 2.24. The highest BCUT2D eigenvalue weighted by Gasteiger charge is 2.08. The van der Waals surface area contributed by atoms with Crippen LogP contribution in [0.2, 0.25) is 0 Å². The molecule has 0 saturated carbocycles. The van der Waals surface area contributed by atoms with Crippen LogP contribution in [-0.2, 0) is 0 Å². The number of benzene rings is 1. The highest BCUT2D eigenvalue weighted by molar-refractivity contribution is 5.73. The van der Waals surface area contributed by atoms with Crippen LogP contribution in [-0.4, -0.2) is 4.98 Å². The van der Waals surface area contributed by atoms with Crippen LogP contribution in [0.5, 0.6) is 0 Å². The minimum absolute atomic E-state index is 0.157. The third-order valence-electron chi connectivity index (χ3n) is 2.29. The molecule has 0 atom stereocenters. The first-order chi connectivity index (χ1) is 8.61. The first-order valence-corrected chi connectivity index (χ1v) is 4.98. The number of hydrogen-bond acceptors (Lipinski definition) is 4. The monoisotopic (exact) mass is 246 g/mol. The van der Waals surface area contributed by atoms with Crippen LogP contribution in [0.1, 0.15) is 5.56 Å². The van der Waals surface area contributed by atoms with Crippen molar-refractivity contribution in [1.29, 1.82) is 5.26 Å². The number of nitrogens with two attached hydrogens (primary N) is 1. The second-order valence-electron chi connectivity index (χ2n) is 3.49. The van der Waals surface area contributed by atoms with Crippen LogP contribution in [0.4, 0.5) is 26.0 Å². The number of anilines is 3. The molecule has 1 aromatic heterocycles. The Balaban J connectivity index is 2.35. The number of pyridine rings is 1. The zero-order valence-electron chi connectivity index (χ0n) is 9.11. The van der Waals surface area contributed by atoms with E-state index >= 15 is 0 Å². The molecular weight excluding hydrogens is 238 g/mol. The predicted molar refractivity (Wildman–Crippen MR) is 63.0 cm³/mol. The zero-order valence-corrected chi connectivity index (χ0v) is 9.11. The third kappa shape index (κ3) is 2.20. The summed E-state index contributed by atoms with van der Waals surface area (Å²) in [4.78, 5) is 3.93. The van der Waals surface area contributed by atoms with E-state index < -0.39 is 11.6 Å². The Morgan fingerprint density at radius 2 is 2.00 bits per heavy atom. The van der Waals surface area contributed by atoms with Crippen molar-refractivity contribution in [3.63, 3.8) is 0 Å². The number of rotatable bonds is 2. The van der Waals surface area contributed by atoms with Gasteiger partial charge in [-0.3, -0.25) is 0 Å². The molecular formula is C12H8F2N4. The molecule has 4 nitrogen and oxygen atoms in total. The molecule has 0 unspecified atom stereocenters. The summed E-state index contributed by atoms with van der Waals surface area (Å²) in [6.07, 6.45) is 1.40. The molecule has 18 heavy (non-hydrogen) atoms. The first-order valence-electron chi connectivity index (χ1n) is 4.98. The van der Waals surface area contributed by atoms with E-state index in [1.165, 1.54) is 18.3 Å². The van der Waals surface area contributed by atoms with Gasteiger partial charge in [0.2, 0.25) is 0 Å². The van der Waals surface area contributed by atoms with Crippen LogP contribution in [0.3, 0.4) is 0 Å². The topological polar surface area (TPSA) is 74.7 Å². The van der Waals surface area contributed by atoms with E-state index in [1.807, 2.05) is 6.07 Å². The molecule has 0 bridgehead atoms. The predicted octanol–water partition coefficient (Wildman–Crippen LogP) is 2.56. The lowest BCUT2D eigenvalue weighted by atomic mass is 10.2. The van der Waals surface area contributed by atoms with Crippen LogP contribution >= 0.6 is 0 Å². The lowest BCUT2D eigenvalue weighted by Crippen LogP contribution is -2.01. The van der Waals surface area contributed by atoms with E-state index in [0.717, 1.165) is 12.1 Å². The van der Waals surface area contributed by atoms with Crippen LogP contribution < -0.4 is 11.1 Å². The van der Waals surface area contributed by atoms with Crippen molar-refractivity contribution in [2.45, 2.75) is 0 Å². The summed E-state index contributed by atoms with van der Waals surface area (Å²) in [5, 5.41) is 11.5. The van der Waals surface area contributed by atoms with Gasteiger partial charge in [0.05, 0.1) is 11.3 Å². The molecule has 0 amide bonds. The number of nitrogens with one attached hydrogen (secondary N) is 1. The quantitative estimate of drug-likeness (QED) is 0.853. The van der Waals surface area contributed by atoms with Gasteiger partial charge in [-0.1, -0.05) is 0 Å². The number of hydrogen-bond donors (Lipinski definition) is 2. The molecule has 2 aromatic rings. The van der Waals surface area contributed by atoms with Crippen molar-refractivity contribution in [3.05, 3.63) is 47.7 Å². The Bertz CT molecular complexity index is 634. The fraction of sp³-hybridized carbons (Fsp3) is 0. The second-order valence-corrected chi connectivity index (χ2v) is 3.49. The molecule has 2 rings (SSSR count). The zero-order chi connectivity index (χ0) is 13.1. The van der Waals surface area contributed by atoms with Crippen molar-refractivity contribution in [2.75, 3.05) is 11.1 Å². The fourth-order valence-electron chi connectivity index (χ4n) is 1.38. The van der Waals surface area contributed by atoms with Crippen LogP contribution in [0.15, 0.2) is 30.5 Å². The Morgan fingerprint density at radius 3 is 2.67 bits per heavy atom. The van der Waals surface area contributed by atoms with Gasteiger partial charge in [-0.25, -0.2) is 13.8 Å². The van der Waals surface area contributed by atoms with Gasteiger partial charge < -0.3 is 11.1 Å². The van der Waals surface area contributed by atoms with Crippen molar-refractivity contribution in [3.8, 4) is 6.07 Å². The summed E-state index contributed by atoms with van der Waals surface area (Å²) < 4.78 is 25.8. The Labute approximate surface area is 102 Å². The lowest BCUT2D eigenvalue weighted by molar-refractivity contribution is 0.509. The molecule has 90 valence electrons. The standard InChI is InChI=1S/C12H8F2N4/c13-9-2-1-8(5-10(9)14)18-12-11(16)7(6-15)3-4-17-12/h1-5H,16H2,(H,17,18). The van der Waals surface area contributed by atoms with Gasteiger partial charge in [0.25, 0.3) is 0 Å².